The molecule has 0 fully saturated rings. The van der Waals surface area contributed by atoms with Gasteiger partial charge in [-0.05, 0) is 24.7 Å². The van der Waals surface area contributed by atoms with E-state index in [1.165, 1.54) is 0 Å². The minimum atomic E-state index is 0. The molecule has 27 heavy (non-hydrogen) atoms. The van der Waals surface area contributed by atoms with Gasteiger partial charge in [-0.3, -0.25) is 0 Å². The summed E-state index contributed by atoms with van der Waals surface area (Å²) in [5, 5.41) is 37.1. The van der Waals surface area contributed by atoms with E-state index in [1.807, 2.05) is 27.7 Å². The average molecular weight is 466 g/mol. The molecule has 5 heteroatoms. The summed E-state index contributed by atoms with van der Waals surface area (Å²) >= 11 is 0. The third-order valence-corrected chi connectivity index (χ3v) is 3.91. The van der Waals surface area contributed by atoms with Crippen molar-refractivity contribution in [1.82, 2.24) is 0 Å². The van der Waals surface area contributed by atoms with Crippen LogP contribution in [0.1, 0.15) is 92.9 Å². The van der Waals surface area contributed by atoms with Crippen molar-refractivity contribution < 1.29 is 46.6 Å². The Balaban J connectivity index is -0.0000000807. The molecule has 0 rings (SSSR count). The van der Waals surface area contributed by atoms with Crippen LogP contribution in [0.15, 0.2) is 24.7 Å². The third kappa shape index (κ3) is 37.3. The maximum Gasteiger partial charge on any atom is 2.00 e. The minimum Gasteiger partial charge on any atom is -0.876 e. The number of allylic oxidation sites excluding steroid dienone is 2. The van der Waals surface area contributed by atoms with Crippen molar-refractivity contribution in [2.24, 2.45) is 11.8 Å². The van der Waals surface area contributed by atoms with Gasteiger partial charge in [0.25, 0.3) is 0 Å². The first-order valence-electron chi connectivity index (χ1n) is 10.2. The summed E-state index contributed by atoms with van der Waals surface area (Å²) in [6, 6.07) is 0. The van der Waals surface area contributed by atoms with Gasteiger partial charge in [-0.25, -0.2) is 0 Å². The van der Waals surface area contributed by atoms with Crippen LogP contribution in [-0.4, -0.2) is 23.4 Å². The molecule has 0 aliphatic carbocycles. The van der Waals surface area contributed by atoms with Gasteiger partial charge in [-0.2, -0.15) is 0 Å². The Kier molecular flexibility index (Phi) is 46.6. The van der Waals surface area contributed by atoms with Crippen LogP contribution in [0.5, 0.6) is 0 Å². The molecular weight excluding hydrogens is 419 g/mol. The Morgan fingerprint density at radius 3 is 0.889 bits per heavy atom. The van der Waals surface area contributed by atoms with Gasteiger partial charge in [0.15, 0.2) is 0 Å². The second-order valence-corrected chi connectivity index (χ2v) is 6.11. The van der Waals surface area contributed by atoms with Crippen molar-refractivity contribution in [2.45, 2.75) is 92.9 Å². The topological polar surface area (TPSA) is 86.6 Å². The van der Waals surface area contributed by atoms with E-state index >= 15 is 0 Å². The third-order valence-electron chi connectivity index (χ3n) is 3.91. The molecule has 0 radical (unpaired) electrons. The second-order valence-electron chi connectivity index (χ2n) is 6.11. The fourth-order valence-corrected chi connectivity index (χ4v) is 1.80. The van der Waals surface area contributed by atoms with E-state index in [1.54, 1.807) is 0 Å². The summed E-state index contributed by atoms with van der Waals surface area (Å²) in [4.78, 5) is 0. The molecule has 0 amide bonds. The normalized spacial score (nSPS) is 8.96. The smallest absolute Gasteiger partial charge is 0.876 e. The van der Waals surface area contributed by atoms with Gasteiger partial charge >= 0.3 is 26.2 Å². The van der Waals surface area contributed by atoms with Gasteiger partial charge in [0.05, 0.1) is 0 Å². The maximum absolute atomic E-state index is 10.5. The first-order valence-corrected chi connectivity index (χ1v) is 10.2. The van der Waals surface area contributed by atoms with E-state index in [0.29, 0.717) is 13.2 Å². The van der Waals surface area contributed by atoms with E-state index < -0.39 is 0 Å². The Bertz CT molecular complexity index is 243. The summed E-state index contributed by atoms with van der Waals surface area (Å²) in [6.45, 7) is 19.5. The maximum atomic E-state index is 10.5. The molecule has 2 N–H and O–H groups in total. The summed E-state index contributed by atoms with van der Waals surface area (Å²) in [5.74, 6) is 0.565. The predicted octanol–water partition coefficient (Wildman–Crippen LogP) is 4.15. The Morgan fingerprint density at radius 2 is 0.889 bits per heavy atom. The van der Waals surface area contributed by atoms with Crippen LogP contribution in [-0.2, 0) is 26.2 Å². The van der Waals surface area contributed by atoms with E-state index in [0.717, 1.165) is 51.4 Å². The Hall–Kier alpha value is -0.117. The molecule has 0 aliphatic rings. The first-order chi connectivity index (χ1) is 12.3. The number of aliphatic hydroxyl groups excluding tert-OH is 2. The first kappa shape index (κ1) is 37.6. The van der Waals surface area contributed by atoms with Crippen molar-refractivity contribution in [2.75, 3.05) is 13.2 Å². The van der Waals surface area contributed by atoms with Crippen molar-refractivity contribution in [1.29, 1.82) is 0 Å². The molecule has 0 atom stereocenters. The van der Waals surface area contributed by atoms with E-state index in [9.17, 15) is 10.2 Å². The Morgan fingerprint density at radius 1 is 0.667 bits per heavy atom. The molecule has 0 saturated carbocycles. The monoisotopic (exact) mass is 464 g/mol. The molecule has 0 unspecified atom stereocenters. The second kappa shape index (κ2) is 33.5. The van der Waals surface area contributed by atoms with E-state index in [-0.39, 0.29) is 49.6 Å². The van der Waals surface area contributed by atoms with Crippen LogP contribution in [0.4, 0.5) is 0 Å². The van der Waals surface area contributed by atoms with Gasteiger partial charge in [0, 0.05) is 13.2 Å². The van der Waals surface area contributed by atoms with Crippen molar-refractivity contribution in [3.63, 3.8) is 0 Å². The molecule has 162 valence electrons. The number of hydrogen-bond donors (Lipinski definition) is 2. The van der Waals surface area contributed by atoms with E-state index in [4.69, 9.17) is 10.2 Å². The Labute approximate surface area is 188 Å². The molecule has 0 saturated heterocycles. The van der Waals surface area contributed by atoms with Crippen molar-refractivity contribution in [3.8, 4) is 0 Å². The van der Waals surface area contributed by atoms with Crippen LogP contribution in [0.25, 0.3) is 0 Å². The average Bonchev–Trinajstić information content (AvgIpc) is 2.59. The molecule has 0 aromatic rings. The zero-order valence-corrected chi connectivity index (χ0v) is 21.3. The molecule has 0 aliphatic heterocycles. The summed E-state index contributed by atoms with van der Waals surface area (Å²) in [6.07, 6.45) is 7.79. The summed E-state index contributed by atoms with van der Waals surface area (Å²) < 4.78 is 0. The standard InChI is InChI=1S/2C7H14O.2C4H10O.Zr/c2*1-4-7(5-2)6(3)8;2*1-2-3-4-5;/h2*7-8H,3-5H2,1-2H3;2*5H,2-4H2,1H3;/q;;;;+2/p-2. The van der Waals surface area contributed by atoms with Gasteiger partial charge in [0.2, 0.25) is 0 Å². The van der Waals surface area contributed by atoms with Crippen LogP contribution >= 0.6 is 0 Å². The molecule has 0 heterocycles. The SMILES string of the molecule is C=C([O-])C(CC)CC.C=C([O-])C(CC)CC.CCCCO.CCCCO.[Zr+2]. The molecule has 0 aromatic heterocycles. The molecule has 0 spiro atoms. The van der Waals surface area contributed by atoms with Crippen molar-refractivity contribution >= 4 is 0 Å². The van der Waals surface area contributed by atoms with E-state index in [2.05, 4.69) is 27.0 Å². The fraction of sp³-hybridized carbons (Fsp3) is 0.818. The van der Waals surface area contributed by atoms with Gasteiger partial charge in [-0.1, -0.05) is 80.1 Å². The minimum absolute atomic E-state index is 0. The predicted molar refractivity (Wildman–Crippen MR) is 110 cm³/mol. The quantitative estimate of drug-likeness (QED) is 0.475. The van der Waals surface area contributed by atoms with Crippen molar-refractivity contribution in [3.05, 3.63) is 24.7 Å². The van der Waals surface area contributed by atoms with Crippen LogP contribution in [0, 0.1) is 11.8 Å². The zero-order chi connectivity index (χ0) is 21.4. The van der Waals surface area contributed by atoms with Gasteiger partial charge in [0.1, 0.15) is 0 Å². The molecule has 0 bridgehead atoms. The van der Waals surface area contributed by atoms with Crippen LogP contribution in [0.2, 0.25) is 0 Å². The molecule has 0 aromatic carbocycles. The molecule has 4 nitrogen and oxygen atoms in total. The molecular formula is C22H46O4Zr. The van der Waals surface area contributed by atoms with Crippen LogP contribution in [0.3, 0.4) is 0 Å². The summed E-state index contributed by atoms with van der Waals surface area (Å²) in [5.41, 5.74) is 0. The number of aliphatic hydroxyl groups is 2. The number of hydrogen-bond acceptors (Lipinski definition) is 4. The zero-order valence-electron chi connectivity index (χ0n) is 18.9. The number of rotatable bonds is 10. The van der Waals surface area contributed by atoms with Gasteiger partial charge < -0.3 is 20.4 Å². The van der Waals surface area contributed by atoms with Gasteiger partial charge in [-0.15, -0.1) is 24.7 Å². The largest absolute Gasteiger partial charge is 2.00 e. The summed E-state index contributed by atoms with van der Waals surface area (Å²) in [7, 11) is 0. The fourth-order valence-electron chi connectivity index (χ4n) is 1.80. The number of unbranched alkanes of at least 4 members (excludes halogenated alkanes) is 2. The van der Waals surface area contributed by atoms with Crippen LogP contribution < -0.4 is 10.2 Å².